The molecule has 2 saturated heterocycles. The SMILES string of the molecule is CC(CC1COCCN1)NCC(C)N1CCCCC1. The highest BCUT2D eigenvalue weighted by atomic mass is 16.5. The van der Waals surface area contributed by atoms with Gasteiger partial charge in [-0.25, -0.2) is 0 Å². The number of morpholine rings is 1. The molecule has 0 bridgehead atoms. The van der Waals surface area contributed by atoms with Crippen LogP contribution in [0.3, 0.4) is 0 Å². The Labute approximate surface area is 118 Å². The number of hydrogen-bond donors (Lipinski definition) is 2. The van der Waals surface area contributed by atoms with Crippen molar-refractivity contribution in [2.75, 3.05) is 39.4 Å². The number of likely N-dealkylation sites (tertiary alicyclic amines) is 1. The average Bonchev–Trinajstić information content (AvgIpc) is 2.47. The summed E-state index contributed by atoms with van der Waals surface area (Å²) < 4.78 is 5.51. The van der Waals surface area contributed by atoms with Gasteiger partial charge in [0.15, 0.2) is 0 Å². The molecular formula is C15H31N3O. The van der Waals surface area contributed by atoms with Gasteiger partial charge in [-0.05, 0) is 46.2 Å². The van der Waals surface area contributed by atoms with Crippen LogP contribution in [0, 0.1) is 0 Å². The first-order chi connectivity index (χ1) is 9.25. The number of rotatable bonds is 6. The van der Waals surface area contributed by atoms with Crippen LogP contribution in [0.5, 0.6) is 0 Å². The Morgan fingerprint density at radius 3 is 2.74 bits per heavy atom. The second-order valence-corrected chi connectivity index (χ2v) is 6.22. The van der Waals surface area contributed by atoms with Gasteiger partial charge in [0.2, 0.25) is 0 Å². The van der Waals surface area contributed by atoms with Crippen LogP contribution in [0.2, 0.25) is 0 Å². The van der Waals surface area contributed by atoms with Gasteiger partial charge in [-0.2, -0.15) is 0 Å². The molecule has 0 aromatic carbocycles. The smallest absolute Gasteiger partial charge is 0.0620 e. The van der Waals surface area contributed by atoms with E-state index in [1.54, 1.807) is 0 Å². The molecule has 112 valence electrons. The highest BCUT2D eigenvalue weighted by Crippen LogP contribution is 2.12. The monoisotopic (exact) mass is 269 g/mol. The molecule has 2 fully saturated rings. The van der Waals surface area contributed by atoms with E-state index in [1.165, 1.54) is 32.4 Å². The first-order valence-corrected chi connectivity index (χ1v) is 8.04. The molecule has 0 aromatic rings. The van der Waals surface area contributed by atoms with E-state index in [4.69, 9.17) is 4.74 Å². The highest BCUT2D eigenvalue weighted by molar-refractivity contribution is 4.78. The molecule has 0 radical (unpaired) electrons. The van der Waals surface area contributed by atoms with Crippen molar-refractivity contribution in [3.05, 3.63) is 0 Å². The molecule has 0 saturated carbocycles. The average molecular weight is 269 g/mol. The van der Waals surface area contributed by atoms with Crippen molar-refractivity contribution in [1.82, 2.24) is 15.5 Å². The van der Waals surface area contributed by atoms with Gasteiger partial charge in [0, 0.05) is 31.2 Å². The van der Waals surface area contributed by atoms with E-state index in [2.05, 4.69) is 29.4 Å². The van der Waals surface area contributed by atoms with Crippen LogP contribution >= 0.6 is 0 Å². The molecule has 2 aliphatic heterocycles. The standard InChI is InChI=1S/C15H31N3O/c1-13(10-15-12-19-9-6-16-15)17-11-14(2)18-7-4-3-5-8-18/h13-17H,3-12H2,1-2H3. The first-order valence-electron chi connectivity index (χ1n) is 8.04. The lowest BCUT2D eigenvalue weighted by molar-refractivity contribution is 0.0707. The fourth-order valence-corrected chi connectivity index (χ4v) is 3.14. The third-order valence-corrected chi connectivity index (χ3v) is 4.41. The quantitative estimate of drug-likeness (QED) is 0.760. The van der Waals surface area contributed by atoms with Crippen molar-refractivity contribution >= 4 is 0 Å². The lowest BCUT2D eigenvalue weighted by atomic mass is 10.1. The summed E-state index contributed by atoms with van der Waals surface area (Å²) in [7, 11) is 0. The maximum absolute atomic E-state index is 5.51. The second-order valence-electron chi connectivity index (χ2n) is 6.22. The molecule has 2 heterocycles. The predicted octanol–water partition coefficient (Wildman–Crippen LogP) is 1.22. The molecular weight excluding hydrogens is 238 g/mol. The Morgan fingerprint density at radius 2 is 2.05 bits per heavy atom. The highest BCUT2D eigenvalue weighted by Gasteiger charge is 2.19. The van der Waals surface area contributed by atoms with Crippen molar-refractivity contribution in [1.29, 1.82) is 0 Å². The van der Waals surface area contributed by atoms with E-state index in [0.29, 0.717) is 18.1 Å². The van der Waals surface area contributed by atoms with Gasteiger partial charge in [-0.1, -0.05) is 6.42 Å². The van der Waals surface area contributed by atoms with Crippen molar-refractivity contribution in [2.45, 2.75) is 57.7 Å². The molecule has 2 aliphatic rings. The Balaban J connectivity index is 1.60. The summed E-state index contributed by atoms with van der Waals surface area (Å²) in [6.45, 7) is 11.1. The molecule has 2 rings (SSSR count). The van der Waals surface area contributed by atoms with Crippen molar-refractivity contribution in [2.24, 2.45) is 0 Å². The minimum atomic E-state index is 0.529. The molecule has 0 amide bonds. The van der Waals surface area contributed by atoms with E-state index in [-0.39, 0.29) is 0 Å². The molecule has 4 heteroatoms. The number of ether oxygens (including phenoxy) is 1. The number of nitrogens with zero attached hydrogens (tertiary/aromatic N) is 1. The summed E-state index contributed by atoms with van der Waals surface area (Å²) in [4.78, 5) is 2.63. The normalized spacial score (nSPS) is 29.1. The molecule has 0 spiro atoms. The fraction of sp³-hybridized carbons (Fsp3) is 1.00. The lowest BCUT2D eigenvalue weighted by Gasteiger charge is -2.33. The van der Waals surface area contributed by atoms with Gasteiger partial charge >= 0.3 is 0 Å². The molecule has 2 N–H and O–H groups in total. The van der Waals surface area contributed by atoms with Gasteiger partial charge < -0.3 is 15.4 Å². The van der Waals surface area contributed by atoms with E-state index >= 15 is 0 Å². The largest absolute Gasteiger partial charge is 0.379 e. The minimum Gasteiger partial charge on any atom is -0.379 e. The molecule has 4 nitrogen and oxygen atoms in total. The molecule has 3 unspecified atom stereocenters. The number of nitrogens with one attached hydrogen (secondary N) is 2. The van der Waals surface area contributed by atoms with Crippen LogP contribution in [0.4, 0.5) is 0 Å². The van der Waals surface area contributed by atoms with Crippen LogP contribution in [0.15, 0.2) is 0 Å². The summed E-state index contributed by atoms with van der Waals surface area (Å²) >= 11 is 0. The van der Waals surface area contributed by atoms with E-state index in [9.17, 15) is 0 Å². The van der Waals surface area contributed by atoms with Gasteiger partial charge in [0.1, 0.15) is 0 Å². The van der Waals surface area contributed by atoms with E-state index in [0.717, 1.165) is 32.7 Å². The van der Waals surface area contributed by atoms with Crippen molar-refractivity contribution in [3.8, 4) is 0 Å². The van der Waals surface area contributed by atoms with E-state index in [1.807, 2.05) is 0 Å². The van der Waals surface area contributed by atoms with Crippen molar-refractivity contribution < 1.29 is 4.74 Å². The van der Waals surface area contributed by atoms with Crippen LogP contribution < -0.4 is 10.6 Å². The van der Waals surface area contributed by atoms with Crippen LogP contribution in [-0.4, -0.2) is 62.4 Å². The Morgan fingerprint density at radius 1 is 1.26 bits per heavy atom. The van der Waals surface area contributed by atoms with Gasteiger partial charge in [0.25, 0.3) is 0 Å². The second kappa shape index (κ2) is 8.20. The number of hydrogen-bond acceptors (Lipinski definition) is 4. The molecule has 19 heavy (non-hydrogen) atoms. The van der Waals surface area contributed by atoms with Crippen LogP contribution in [0.1, 0.15) is 39.5 Å². The third kappa shape index (κ3) is 5.38. The maximum Gasteiger partial charge on any atom is 0.0620 e. The lowest BCUT2D eigenvalue weighted by Crippen LogP contribution is -2.48. The Hall–Kier alpha value is -0.160. The maximum atomic E-state index is 5.51. The minimum absolute atomic E-state index is 0.529. The topological polar surface area (TPSA) is 36.5 Å². The zero-order valence-electron chi connectivity index (χ0n) is 12.7. The first kappa shape index (κ1) is 15.2. The molecule has 3 atom stereocenters. The van der Waals surface area contributed by atoms with Crippen LogP contribution in [0.25, 0.3) is 0 Å². The summed E-state index contributed by atoms with van der Waals surface area (Å²) in [6.07, 6.45) is 5.33. The summed E-state index contributed by atoms with van der Waals surface area (Å²) in [6, 6.07) is 1.76. The zero-order chi connectivity index (χ0) is 13.5. The number of piperidine rings is 1. The van der Waals surface area contributed by atoms with Crippen molar-refractivity contribution in [3.63, 3.8) is 0 Å². The fourth-order valence-electron chi connectivity index (χ4n) is 3.14. The van der Waals surface area contributed by atoms with E-state index < -0.39 is 0 Å². The molecule has 0 aliphatic carbocycles. The Bertz CT molecular complexity index is 238. The van der Waals surface area contributed by atoms with Gasteiger partial charge in [-0.15, -0.1) is 0 Å². The zero-order valence-corrected chi connectivity index (χ0v) is 12.7. The summed E-state index contributed by atoms with van der Waals surface area (Å²) in [5, 5.41) is 7.22. The Kier molecular flexibility index (Phi) is 6.57. The molecule has 0 aromatic heterocycles. The predicted molar refractivity (Wildman–Crippen MR) is 79.6 cm³/mol. The van der Waals surface area contributed by atoms with Gasteiger partial charge in [0.05, 0.1) is 13.2 Å². The summed E-state index contributed by atoms with van der Waals surface area (Å²) in [5.74, 6) is 0. The van der Waals surface area contributed by atoms with Gasteiger partial charge in [-0.3, -0.25) is 4.90 Å². The van der Waals surface area contributed by atoms with Crippen LogP contribution in [-0.2, 0) is 4.74 Å². The third-order valence-electron chi connectivity index (χ3n) is 4.41. The summed E-state index contributed by atoms with van der Waals surface area (Å²) in [5.41, 5.74) is 0.